The lowest BCUT2D eigenvalue weighted by molar-refractivity contribution is -0.131. The lowest BCUT2D eigenvalue weighted by Gasteiger charge is -2.21. The third kappa shape index (κ3) is 6.30. The van der Waals surface area contributed by atoms with E-state index in [1.165, 1.54) is 0 Å². The van der Waals surface area contributed by atoms with Crippen molar-refractivity contribution in [1.82, 2.24) is 4.90 Å². The average molecular weight is 217 g/mol. The fourth-order valence-electron chi connectivity index (χ4n) is 1.43. The molecule has 0 bridgehead atoms. The van der Waals surface area contributed by atoms with Gasteiger partial charge in [-0.1, -0.05) is 13.8 Å². The third-order valence-electron chi connectivity index (χ3n) is 2.08. The van der Waals surface area contributed by atoms with Crippen LogP contribution in [0.15, 0.2) is 0 Å². The molecule has 1 amide bonds. The zero-order valence-corrected chi connectivity index (χ0v) is 10.5. The molecule has 0 aromatic heterocycles. The second kappa shape index (κ2) is 9.38. The third-order valence-corrected chi connectivity index (χ3v) is 2.78. The maximum absolute atomic E-state index is 11.7. The normalized spacial score (nSPS) is 10.2. The number of hydrogen-bond acceptors (Lipinski definition) is 2. The van der Waals surface area contributed by atoms with E-state index >= 15 is 0 Å². The monoisotopic (exact) mass is 217 g/mol. The Hall–Kier alpha value is -0.180. The van der Waals surface area contributed by atoms with E-state index in [-0.39, 0.29) is 0 Å². The number of rotatable bonds is 8. The van der Waals surface area contributed by atoms with Crippen LogP contribution in [0.25, 0.3) is 0 Å². The van der Waals surface area contributed by atoms with Gasteiger partial charge in [-0.05, 0) is 31.3 Å². The van der Waals surface area contributed by atoms with E-state index in [0.717, 1.165) is 44.5 Å². The van der Waals surface area contributed by atoms with Gasteiger partial charge in [-0.2, -0.15) is 11.8 Å². The molecule has 0 radical (unpaired) electrons. The van der Waals surface area contributed by atoms with Gasteiger partial charge in [0.25, 0.3) is 0 Å². The molecule has 0 aliphatic carbocycles. The van der Waals surface area contributed by atoms with Crippen molar-refractivity contribution >= 4 is 17.7 Å². The number of amides is 1. The zero-order chi connectivity index (χ0) is 10.8. The van der Waals surface area contributed by atoms with Gasteiger partial charge in [0.2, 0.25) is 5.91 Å². The summed E-state index contributed by atoms with van der Waals surface area (Å²) in [6, 6.07) is 0. The zero-order valence-electron chi connectivity index (χ0n) is 9.71. The maximum Gasteiger partial charge on any atom is 0.222 e. The van der Waals surface area contributed by atoms with Crippen molar-refractivity contribution in [3.63, 3.8) is 0 Å². The summed E-state index contributed by atoms with van der Waals surface area (Å²) in [7, 11) is 0. The summed E-state index contributed by atoms with van der Waals surface area (Å²) in [6.45, 7) is 6.09. The van der Waals surface area contributed by atoms with Crippen LogP contribution in [-0.4, -0.2) is 35.9 Å². The average Bonchev–Trinajstić information content (AvgIpc) is 2.18. The molecular formula is C11H23NOS. The van der Waals surface area contributed by atoms with Gasteiger partial charge in [-0.15, -0.1) is 0 Å². The van der Waals surface area contributed by atoms with Crippen LogP contribution in [0.4, 0.5) is 0 Å². The highest BCUT2D eigenvalue weighted by molar-refractivity contribution is 7.98. The molecule has 0 N–H and O–H groups in total. The first kappa shape index (κ1) is 13.8. The Morgan fingerprint density at radius 1 is 1.21 bits per heavy atom. The van der Waals surface area contributed by atoms with Crippen LogP contribution in [0.5, 0.6) is 0 Å². The maximum atomic E-state index is 11.7. The molecule has 0 aromatic rings. The molecule has 0 unspecified atom stereocenters. The van der Waals surface area contributed by atoms with Crippen LogP contribution in [0.2, 0.25) is 0 Å². The largest absolute Gasteiger partial charge is 0.343 e. The summed E-state index contributed by atoms with van der Waals surface area (Å²) in [6.07, 6.45) is 5.95. The molecule has 0 atom stereocenters. The summed E-state index contributed by atoms with van der Waals surface area (Å²) < 4.78 is 0. The molecule has 2 nitrogen and oxygen atoms in total. The van der Waals surface area contributed by atoms with E-state index < -0.39 is 0 Å². The Labute approximate surface area is 92.4 Å². The highest BCUT2D eigenvalue weighted by Crippen LogP contribution is 2.04. The van der Waals surface area contributed by atoms with Gasteiger partial charge in [0.05, 0.1) is 0 Å². The van der Waals surface area contributed by atoms with E-state index in [1.54, 1.807) is 0 Å². The van der Waals surface area contributed by atoms with E-state index in [9.17, 15) is 4.79 Å². The van der Waals surface area contributed by atoms with Crippen molar-refractivity contribution in [1.29, 1.82) is 0 Å². The fourth-order valence-corrected chi connectivity index (χ4v) is 1.86. The summed E-state index contributed by atoms with van der Waals surface area (Å²) >= 11 is 1.81. The summed E-state index contributed by atoms with van der Waals surface area (Å²) in [4.78, 5) is 13.7. The Kier molecular flexibility index (Phi) is 9.26. The lowest BCUT2D eigenvalue weighted by Crippen LogP contribution is -2.32. The first-order chi connectivity index (χ1) is 6.76. The Morgan fingerprint density at radius 3 is 2.21 bits per heavy atom. The van der Waals surface area contributed by atoms with Crippen molar-refractivity contribution < 1.29 is 4.79 Å². The molecule has 0 aromatic carbocycles. The Bertz CT molecular complexity index is 144. The highest BCUT2D eigenvalue weighted by atomic mass is 32.2. The van der Waals surface area contributed by atoms with Crippen LogP contribution < -0.4 is 0 Å². The molecule has 0 aliphatic heterocycles. The predicted molar refractivity (Wildman–Crippen MR) is 64.8 cm³/mol. The van der Waals surface area contributed by atoms with Gasteiger partial charge >= 0.3 is 0 Å². The van der Waals surface area contributed by atoms with Gasteiger partial charge in [0.1, 0.15) is 0 Å². The minimum Gasteiger partial charge on any atom is -0.343 e. The Balaban J connectivity index is 3.76. The Morgan fingerprint density at radius 2 is 1.79 bits per heavy atom. The van der Waals surface area contributed by atoms with Gasteiger partial charge in [0, 0.05) is 19.5 Å². The fraction of sp³-hybridized carbons (Fsp3) is 0.909. The first-order valence-corrected chi connectivity index (χ1v) is 6.92. The molecule has 3 heteroatoms. The number of carbonyl (C=O) groups is 1. The van der Waals surface area contributed by atoms with Gasteiger partial charge < -0.3 is 4.90 Å². The molecule has 0 aliphatic rings. The number of nitrogens with zero attached hydrogens (tertiary/aromatic N) is 1. The number of carbonyl (C=O) groups excluding carboxylic acids is 1. The summed E-state index contributed by atoms with van der Waals surface area (Å²) in [5.41, 5.74) is 0. The minimum absolute atomic E-state index is 0.336. The SMILES string of the molecule is CCCN(CCC)C(=O)CCCSC. The number of thioether (sulfide) groups is 1. The second-order valence-corrected chi connectivity index (χ2v) is 4.46. The van der Waals surface area contributed by atoms with Crippen LogP contribution in [-0.2, 0) is 4.79 Å². The van der Waals surface area contributed by atoms with Gasteiger partial charge in [0.15, 0.2) is 0 Å². The first-order valence-electron chi connectivity index (χ1n) is 5.52. The molecule has 0 fully saturated rings. The highest BCUT2D eigenvalue weighted by Gasteiger charge is 2.10. The van der Waals surface area contributed by atoms with Crippen LogP contribution in [0.1, 0.15) is 39.5 Å². The topological polar surface area (TPSA) is 20.3 Å². The molecule has 0 heterocycles. The minimum atomic E-state index is 0.336. The van der Waals surface area contributed by atoms with Crippen molar-refractivity contribution in [2.45, 2.75) is 39.5 Å². The molecule has 0 saturated carbocycles. The lowest BCUT2D eigenvalue weighted by atomic mass is 10.2. The summed E-state index contributed by atoms with van der Waals surface area (Å²) in [5, 5.41) is 0. The van der Waals surface area contributed by atoms with E-state index in [0.29, 0.717) is 5.91 Å². The smallest absolute Gasteiger partial charge is 0.222 e. The molecule has 0 saturated heterocycles. The van der Waals surface area contributed by atoms with Crippen molar-refractivity contribution in [2.24, 2.45) is 0 Å². The predicted octanol–water partition coefficient (Wildman–Crippen LogP) is 2.78. The molecular weight excluding hydrogens is 194 g/mol. The molecule has 14 heavy (non-hydrogen) atoms. The summed E-state index contributed by atoms with van der Waals surface area (Å²) in [5.74, 6) is 1.43. The van der Waals surface area contributed by atoms with Crippen molar-refractivity contribution in [3.8, 4) is 0 Å². The molecule has 0 spiro atoms. The van der Waals surface area contributed by atoms with Crippen molar-refractivity contribution in [2.75, 3.05) is 25.1 Å². The quantitative estimate of drug-likeness (QED) is 0.583. The molecule has 84 valence electrons. The van der Waals surface area contributed by atoms with Crippen LogP contribution in [0, 0.1) is 0 Å². The van der Waals surface area contributed by atoms with Crippen LogP contribution in [0.3, 0.4) is 0 Å². The van der Waals surface area contributed by atoms with E-state index in [1.807, 2.05) is 16.7 Å². The number of hydrogen-bond donors (Lipinski definition) is 0. The standard InChI is InChI=1S/C11H23NOS/c1-4-8-12(9-5-2)11(13)7-6-10-14-3/h4-10H2,1-3H3. The second-order valence-electron chi connectivity index (χ2n) is 3.48. The van der Waals surface area contributed by atoms with Crippen molar-refractivity contribution in [3.05, 3.63) is 0 Å². The van der Waals surface area contributed by atoms with Gasteiger partial charge in [-0.3, -0.25) is 4.79 Å². The van der Waals surface area contributed by atoms with E-state index in [2.05, 4.69) is 20.1 Å². The van der Waals surface area contributed by atoms with E-state index in [4.69, 9.17) is 0 Å². The van der Waals surface area contributed by atoms with Crippen LogP contribution >= 0.6 is 11.8 Å². The molecule has 0 rings (SSSR count). The van der Waals surface area contributed by atoms with Gasteiger partial charge in [-0.25, -0.2) is 0 Å².